The zero-order valence-electron chi connectivity index (χ0n) is 8.66. The Morgan fingerprint density at radius 3 is 2.62 bits per heavy atom. The molecule has 0 saturated carbocycles. The minimum absolute atomic E-state index is 0.176. The van der Waals surface area contributed by atoms with Crippen molar-refractivity contribution >= 4 is 5.97 Å². The number of alkyl halides is 3. The summed E-state index contributed by atoms with van der Waals surface area (Å²) < 4.78 is 44.6. The summed E-state index contributed by atoms with van der Waals surface area (Å²) in [5.74, 6) is -2.23. The monoisotopic (exact) mass is 242 g/mol. The molecule has 0 unspecified atom stereocenters. The van der Waals surface area contributed by atoms with Crippen molar-refractivity contribution in [1.29, 1.82) is 0 Å². The van der Waals surface area contributed by atoms with E-state index in [1.165, 1.54) is 0 Å². The first-order chi connectivity index (χ1) is 7.29. The maximum absolute atomic E-state index is 11.8. The van der Waals surface area contributed by atoms with E-state index < -0.39 is 31.0 Å². The summed E-state index contributed by atoms with van der Waals surface area (Å²) in [6, 6.07) is 0. The molecule has 16 heavy (non-hydrogen) atoms. The molecule has 1 fully saturated rings. The van der Waals surface area contributed by atoms with Crippen LogP contribution in [0.2, 0.25) is 0 Å². The van der Waals surface area contributed by atoms with Gasteiger partial charge in [0.15, 0.2) is 0 Å². The van der Waals surface area contributed by atoms with Crippen molar-refractivity contribution in [3.63, 3.8) is 0 Å². The van der Waals surface area contributed by atoms with Gasteiger partial charge in [0.05, 0.1) is 18.3 Å². The Morgan fingerprint density at radius 2 is 2.12 bits per heavy atom. The average molecular weight is 242 g/mol. The summed E-state index contributed by atoms with van der Waals surface area (Å²) in [6.45, 7) is 1.21. The molecular formula is C9H13F3O4. The first-order valence-electron chi connectivity index (χ1n) is 4.86. The SMILES string of the molecule is C[C@@H]1C[C@H](O)C[C@H](COC(=O)C(F)(F)F)O1. The van der Waals surface area contributed by atoms with Gasteiger partial charge in [-0.05, 0) is 13.3 Å². The highest BCUT2D eigenvalue weighted by molar-refractivity contribution is 5.75. The van der Waals surface area contributed by atoms with Gasteiger partial charge in [-0.25, -0.2) is 4.79 Å². The molecule has 0 aromatic rings. The Kier molecular flexibility index (Phi) is 4.15. The van der Waals surface area contributed by atoms with Crippen molar-refractivity contribution < 1.29 is 32.5 Å². The molecule has 0 aromatic heterocycles. The Morgan fingerprint density at radius 1 is 1.50 bits per heavy atom. The van der Waals surface area contributed by atoms with Gasteiger partial charge in [-0.2, -0.15) is 13.2 Å². The third-order valence-electron chi connectivity index (χ3n) is 2.20. The summed E-state index contributed by atoms with van der Waals surface area (Å²) in [4.78, 5) is 10.4. The Hall–Kier alpha value is -0.820. The van der Waals surface area contributed by atoms with Gasteiger partial charge in [0, 0.05) is 6.42 Å². The standard InChI is InChI=1S/C9H13F3O4/c1-5-2-6(13)3-7(16-5)4-15-8(14)9(10,11)12/h5-7,13H,2-4H2,1H3/t5-,6+,7-/m1/s1. The van der Waals surface area contributed by atoms with Crippen LogP contribution in [0.25, 0.3) is 0 Å². The lowest BCUT2D eigenvalue weighted by Gasteiger charge is -2.30. The maximum Gasteiger partial charge on any atom is 0.490 e. The predicted octanol–water partition coefficient (Wildman–Crippen LogP) is 1.02. The Balaban J connectivity index is 2.35. The van der Waals surface area contributed by atoms with Gasteiger partial charge < -0.3 is 14.6 Å². The van der Waals surface area contributed by atoms with Crippen molar-refractivity contribution in [2.75, 3.05) is 6.61 Å². The summed E-state index contributed by atoms with van der Waals surface area (Å²) in [7, 11) is 0. The van der Waals surface area contributed by atoms with Crippen LogP contribution in [0, 0.1) is 0 Å². The molecule has 1 rings (SSSR count). The van der Waals surface area contributed by atoms with Crippen LogP contribution in [0.4, 0.5) is 13.2 Å². The second kappa shape index (κ2) is 5.01. The molecule has 1 N–H and O–H groups in total. The third-order valence-corrected chi connectivity index (χ3v) is 2.20. The van der Waals surface area contributed by atoms with E-state index in [0.717, 1.165) is 0 Å². The molecule has 1 heterocycles. The molecule has 4 nitrogen and oxygen atoms in total. The minimum atomic E-state index is -4.99. The molecule has 0 aliphatic carbocycles. The van der Waals surface area contributed by atoms with Crippen LogP contribution in [-0.4, -0.2) is 42.2 Å². The molecule has 7 heteroatoms. The lowest BCUT2D eigenvalue weighted by Crippen LogP contribution is -2.38. The number of esters is 1. The molecule has 94 valence electrons. The Labute approximate surface area is 90.3 Å². The van der Waals surface area contributed by atoms with Gasteiger partial charge in [-0.15, -0.1) is 0 Å². The van der Waals surface area contributed by atoms with Crippen LogP contribution in [0.3, 0.4) is 0 Å². The number of aliphatic hydroxyl groups excluding tert-OH is 1. The minimum Gasteiger partial charge on any atom is -0.456 e. The number of aliphatic hydroxyl groups is 1. The largest absolute Gasteiger partial charge is 0.490 e. The van der Waals surface area contributed by atoms with Gasteiger partial charge >= 0.3 is 12.1 Å². The highest BCUT2D eigenvalue weighted by Crippen LogP contribution is 2.21. The van der Waals surface area contributed by atoms with Gasteiger partial charge in [0.25, 0.3) is 0 Å². The second-order valence-electron chi connectivity index (χ2n) is 3.79. The topological polar surface area (TPSA) is 55.8 Å². The number of carbonyl (C=O) groups excluding carboxylic acids is 1. The third kappa shape index (κ3) is 3.97. The summed E-state index contributed by atoms with van der Waals surface area (Å²) >= 11 is 0. The quantitative estimate of drug-likeness (QED) is 0.734. The van der Waals surface area contributed by atoms with Crippen molar-refractivity contribution in [2.24, 2.45) is 0 Å². The van der Waals surface area contributed by atoms with Gasteiger partial charge in [-0.1, -0.05) is 0 Å². The van der Waals surface area contributed by atoms with Crippen molar-refractivity contribution in [3.05, 3.63) is 0 Å². The molecule has 0 spiro atoms. The molecule has 3 atom stereocenters. The van der Waals surface area contributed by atoms with Crippen LogP contribution >= 0.6 is 0 Å². The molecule has 1 saturated heterocycles. The predicted molar refractivity (Wildman–Crippen MR) is 46.6 cm³/mol. The molecule has 0 bridgehead atoms. The second-order valence-corrected chi connectivity index (χ2v) is 3.79. The van der Waals surface area contributed by atoms with E-state index in [-0.39, 0.29) is 12.5 Å². The van der Waals surface area contributed by atoms with Gasteiger partial charge in [0.1, 0.15) is 6.61 Å². The molecule has 0 aromatic carbocycles. The van der Waals surface area contributed by atoms with E-state index in [2.05, 4.69) is 4.74 Å². The molecule has 1 aliphatic rings. The number of ether oxygens (including phenoxy) is 2. The number of carbonyl (C=O) groups is 1. The van der Waals surface area contributed by atoms with E-state index in [0.29, 0.717) is 6.42 Å². The number of halogens is 3. The van der Waals surface area contributed by atoms with Crippen LogP contribution < -0.4 is 0 Å². The Bertz CT molecular complexity index is 244. The van der Waals surface area contributed by atoms with E-state index in [1.807, 2.05) is 0 Å². The van der Waals surface area contributed by atoms with E-state index in [4.69, 9.17) is 4.74 Å². The highest BCUT2D eigenvalue weighted by Gasteiger charge is 2.41. The van der Waals surface area contributed by atoms with Crippen molar-refractivity contribution in [3.8, 4) is 0 Å². The fraction of sp³-hybridized carbons (Fsp3) is 0.889. The lowest BCUT2D eigenvalue weighted by molar-refractivity contribution is -0.205. The summed E-state index contributed by atoms with van der Waals surface area (Å²) in [5.41, 5.74) is 0. The molecular weight excluding hydrogens is 229 g/mol. The number of hydrogen-bond donors (Lipinski definition) is 1. The molecule has 0 amide bonds. The summed E-state index contributed by atoms with van der Waals surface area (Å²) in [6.07, 6.45) is -5.93. The fourth-order valence-electron chi connectivity index (χ4n) is 1.58. The van der Waals surface area contributed by atoms with Gasteiger partial charge in [-0.3, -0.25) is 0 Å². The number of hydrogen-bond acceptors (Lipinski definition) is 4. The highest BCUT2D eigenvalue weighted by atomic mass is 19.4. The zero-order chi connectivity index (χ0) is 12.3. The van der Waals surface area contributed by atoms with E-state index in [9.17, 15) is 23.1 Å². The summed E-state index contributed by atoms with van der Waals surface area (Å²) in [5, 5.41) is 9.33. The smallest absolute Gasteiger partial charge is 0.456 e. The molecule has 0 radical (unpaired) electrons. The van der Waals surface area contributed by atoms with Crippen LogP contribution in [0.15, 0.2) is 0 Å². The first-order valence-corrected chi connectivity index (χ1v) is 4.86. The van der Waals surface area contributed by atoms with E-state index >= 15 is 0 Å². The first kappa shape index (κ1) is 13.2. The normalized spacial score (nSPS) is 31.2. The van der Waals surface area contributed by atoms with Crippen molar-refractivity contribution in [1.82, 2.24) is 0 Å². The number of rotatable bonds is 2. The van der Waals surface area contributed by atoms with Crippen LogP contribution in [0.5, 0.6) is 0 Å². The lowest BCUT2D eigenvalue weighted by atomic mass is 10.0. The average Bonchev–Trinajstić information content (AvgIpc) is 2.11. The van der Waals surface area contributed by atoms with Crippen LogP contribution in [0.1, 0.15) is 19.8 Å². The fourth-order valence-corrected chi connectivity index (χ4v) is 1.58. The van der Waals surface area contributed by atoms with Crippen LogP contribution in [-0.2, 0) is 14.3 Å². The van der Waals surface area contributed by atoms with E-state index in [1.54, 1.807) is 6.92 Å². The van der Waals surface area contributed by atoms with Gasteiger partial charge in [0.2, 0.25) is 0 Å². The maximum atomic E-state index is 11.8. The zero-order valence-corrected chi connectivity index (χ0v) is 8.66. The van der Waals surface area contributed by atoms with Crippen molar-refractivity contribution in [2.45, 2.75) is 44.3 Å². The molecule has 1 aliphatic heterocycles.